The van der Waals surface area contributed by atoms with E-state index in [0.29, 0.717) is 32.5 Å². The van der Waals surface area contributed by atoms with Crippen LogP contribution in [-0.4, -0.2) is 62.9 Å². The van der Waals surface area contributed by atoms with Gasteiger partial charge in [-0.05, 0) is 39.0 Å². The Morgan fingerprint density at radius 2 is 1.95 bits per heavy atom. The van der Waals surface area contributed by atoms with Gasteiger partial charge in [0, 0.05) is 32.3 Å². The lowest BCUT2D eigenvalue weighted by atomic mass is 10.1. The van der Waals surface area contributed by atoms with Gasteiger partial charge in [-0.1, -0.05) is 0 Å². The van der Waals surface area contributed by atoms with Crippen LogP contribution in [0.5, 0.6) is 0 Å². The van der Waals surface area contributed by atoms with Crippen LogP contribution in [0.2, 0.25) is 0 Å². The predicted octanol–water partition coefficient (Wildman–Crippen LogP) is 0.669. The van der Waals surface area contributed by atoms with Crippen LogP contribution in [0.4, 0.5) is 4.79 Å². The third kappa shape index (κ3) is 5.10. The monoisotopic (exact) mass is 333 g/mol. The number of rotatable bonds is 5. The summed E-state index contributed by atoms with van der Waals surface area (Å²) in [4.78, 5) is 11.9. The van der Waals surface area contributed by atoms with Crippen LogP contribution in [0, 0.1) is 0 Å². The van der Waals surface area contributed by atoms with Gasteiger partial charge in [0.25, 0.3) is 0 Å². The van der Waals surface area contributed by atoms with E-state index in [0.717, 1.165) is 25.9 Å². The van der Waals surface area contributed by atoms with Crippen LogP contribution in [0.15, 0.2) is 0 Å². The van der Waals surface area contributed by atoms with Crippen LogP contribution in [0.3, 0.4) is 0 Å². The Kier molecular flexibility index (Phi) is 6.46. The number of carbonyl (C=O) groups excluding carboxylic acids is 1. The molecule has 0 aromatic rings. The van der Waals surface area contributed by atoms with Crippen LogP contribution in [0.1, 0.15) is 39.0 Å². The van der Waals surface area contributed by atoms with Crippen molar-refractivity contribution in [3.05, 3.63) is 0 Å². The van der Waals surface area contributed by atoms with E-state index in [1.165, 1.54) is 4.31 Å². The fourth-order valence-corrected chi connectivity index (χ4v) is 4.00. The molecule has 0 aromatic carbocycles. The normalized spacial score (nSPS) is 24.9. The zero-order chi connectivity index (χ0) is 16.0. The summed E-state index contributed by atoms with van der Waals surface area (Å²) in [5, 5.41) is 5.77. The number of nitrogens with zero attached hydrogens (tertiary/aromatic N) is 1. The number of piperidine rings is 1. The van der Waals surface area contributed by atoms with E-state index in [-0.39, 0.29) is 23.9 Å². The summed E-state index contributed by atoms with van der Waals surface area (Å²) in [6, 6.07) is -0.151. The molecule has 0 aromatic heterocycles. The molecule has 128 valence electrons. The molecule has 7 nitrogen and oxygen atoms in total. The molecule has 2 N–H and O–H groups in total. The lowest BCUT2D eigenvalue weighted by Gasteiger charge is -2.31. The molecule has 22 heavy (non-hydrogen) atoms. The number of amides is 2. The highest BCUT2D eigenvalue weighted by atomic mass is 32.2. The summed E-state index contributed by atoms with van der Waals surface area (Å²) in [7, 11) is -3.11. The van der Waals surface area contributed by atoms with Crippen LogP contribution in [-0.2, 0) is 14.8 Å². The van der Waals surface area contributed by atoms with Crippen molar-refractivity contribution in [1.29, 1.82) is 0 Å². The van der Waals surface area contributed by atoms with E-state index in [9.17, 15) is 13.2 Å². The van der Waals surface area contributed by atoms with E-state index in [1.54, 1.807) is 6.92 Å². The Morgan fingerprint density at radius 1 is 1.23 bits per heavy atom. The molecule has 2 fully saturated rings. The molecule has 8 heteroatoms. The quantitative estimate of drug-likeness (QED) is 0.774. The molecule has 2 aliphatic heterocycles. The third-order valence-electron chi connectivity index (χ3n) is 4.31. The number of hydrogen-bond donors (Lipinski definition) is 2. The highest BCUT2D eigenvalue weighted by Crippen LogP contribution is 2.14. The maximum Gasteiger partial charge on any atom is 0.315 e. The fourth-order valence-electron chi connectivity index (χ4n) is 2.87. The van der Waals surface area contributed by atoms with Gasteiger partial charge in [0.15, 0.2) is 0 Å². The second-order valence-corrected chi connectivity index (χ2v) is 8.17. The van der Waals surface area contributed by atoms with Crippen molar-refractivity contribution in [3.63, 3.8) is 0 Å². The molecule has 0 saturated carbocycles. The summed E-state index contributed by atoms with van der Waals surface area (Å²) in [6.07, 6.45) is 4.68. The molecule has 2 heterocycles. The molecule has 2 aliphatic rings. The Labute approximate surface area is 132 Å². The molecule has 1 atom stereocenters. The van der Waals surface area contributed by atoms with Gasteiger partial charge < -0.3 is 15.4 Å². The minimum Gasteiger partial charge on any atom is -0.376 e. The van der Waals surface area contributed by atoms with E-state index in [1.807, 2.05) is 0 Å². The van der Waals surface area contributed by atoms with Crippen LogP contribution >= 0.6 is 0 Å². The van der Waals surface area contributed by atoms with E-state index < -0.39 is 10.0 Å². The van der Waals surface area contributed by atoms with Gasteiger partial charge in [-0.25, -0.2) is 17.5 Å². The maximum atomic E-state index is 11.9. The van der Waals surface area contributed by atoms with E-state index >= 15 is 0 Å². The minimum atomic E-state index is -3.11. The average Bonchev–Trinajstić information content (AvgIpc) is 2.54. The SMILES string of the molecule is CCS(=O)(=O)N1CCC(NC(=O)NCC2CCCCO2)CC1. The Hall–Kier alpha value is -0.860. The topological polar surface area (TPSA) is 87.7 Å². The Balaban J connectivity index is 1.66. The molecule has 0 spiro atoms. The van der Waals surface area contributed by atoms with Crippen LogP contribution in [0.25, 0.3) is 0 Å². The van der Waals surface area contributed by atoms with Gasteiger partial charge in [-0.3, -0.25) is 0 Å². The molecule has 2 amide bonds. The number of ether oxygens (including phenoxy) is 1. The van der Waals surface area contributed by atoms with Gasteiger partial charge in [-0.2, -0.15) is 0 Å². The summed E-state index contributed by atoms with van der Waals surface area (Å²) in [5.41, 5.74) is 0. The molecule has 0 bridgehead atoms. The van der Waals surface area contributed by atoms with Crippen molar-refractivity contribution in [3.8, 4) is 0 Å². The lowest BCUT2D eigenvalue weighted by molar-refractivity contribution is 0.0184. The molecule has 2 rings (SSSR count). The van der Waals surface area contributed by atoms with Gasteiger partial charge in [0.05, 0.1) is 11.9 Å². The standard InChI is InChI=1S/C14H27N3O4S/c1-2-22(19,20)17-8-6-12(7-9-17)16-14(18)15-11-13-5-3-4-10-21-13/h12-13H,2-11H2,1H3,(H2,15,16,18). The first kappa shape index (κ1) is 17.5. The molecule has 0 radical (unpaired) electrons. The first-order valence-corrected chi connectivity index (χ1v) is 9.76. The third-order valence-corrected chi connectivity index (χ3v) is 6.19. The minimum absolute atomic E-state index is 0.0376. The fraction of sp³-hybridized carbons (Fsp3) is 0.929. The molecular formula is C14H27N3O4S. The van der Waals surface area contributed by atoms with Gasteiger partial charge in [0.2, 0.25) is 10.0 Å². The maximum absolute atomic E-state index is 11.9. The van der Waals surface area contributed by atoms with Crippen LogP contribution < -0.4 is 10.6 Å². The van der Waals surface area contributed by atoms with E-state index in [2.05, 4.69) is 10.6 Å². The van der Waals surface area contributed by atoms with Gasteiger partial charge >= 0.3 is 6.03 Å². The zero-order valence-electron chi connectivity index (χ0n) is 13.2. The number of nitrogens with one attached hydrogen (secondary N) is 2. The number of urea groups is 1. The average molecular weight is 333 g/mol. The first-order chi connectivity index (χ1) is 10.5. The Bertz CT molecular complexity index is 455. The summed E-state index contributed by atoms with van der Waals surface area (Å²) >= 11 is 0. The lowest BCUT2D eigenvalue weighted by Crippen LogP contribution is -2.50. The largest absolute Gasteiger partial charge is 0.376 e. The number of sulfonamides is 1. The zero-order valence-corrected chi connectivity index (χ0v) is 14.0. The van der Waals surface area contributed by atoms with Crippen molar-refractivity contribution in [2.45, 2.75) is 51.2 Å². The summed E-state index contributed by atoms with van der Waals surface area (Å²) < 4.78 is 30.6. The highest BCUT2D eigenvalue weighted by molar-refractivity contribution is 7.89. The van der Waals surface area contributed by atoms with E-state index in [4.69, 9.17) is 4.74 Å². The van der Waals surface area contributed by atoms with Crippen molar-refractivity contribution in [2.24, 2.45) is 0 Å². The van der Waals surface area contributed by atoms with Crippen molar-refractivity contribution in [1.82, 2.24) is 14.9 Å². The van der Waals surface area contributed by atoms with Crippen molar-refractivity contribution in [2.75, 3.05) is 32.0 Å². The number of carbonyl (C=O) groups is 1. The van der Waals surface area contributed by atoms with Gasteiger partial charge in [-0.15, -0.1) is 0 Å². The Morgan fingerprint density at radius 3 is 2.55 bits per heavy atom. The molecule has 0 aliphatic carbocycles. The first-order valence-electron chi connectivity index (χ1n) is 8.15. The van der Waals surface area contributed by atoms with Crippen molar-refractivity contribution < 1.29 is 17.9 Å². The molecular weight excluding hydrogens is 306 g/mol. The molecule has 1 unspecified atom stereocenters. The number of hydrogen-bond acceptors (Lipinski definition) is 4. The predicted molar refractivity (Wildman–Crippen MR) is 84.2 cm³/mol. The summed E-state index contributed by atoms with van der Waals surface area (Å²) in [5.74, 6) is 0.132. The highest BCUT2D eigenvalue weighted by Gasteiger charge is 2.27. The second-order valence-electron chi connectivity index (χ2n) is 5.92. The molecule has 2 saturated heterocycles. The van der Waals surface area contributed by atoms with Gasteiger partial charge in [0.1, 0.15) is 0 Å². The van der Waals surface area contributed by atoms with Crippen molar-refractivity contribution >= 4 is 16.1 Å². The second kappa shape index (κ2) is 8.12. The smallest absolute Gasteiger partial charge is 0.315 e. The summed E-state index contributed by atoms with van der Waals surface area (Å²) in [6.45, 7) is 3.92.